The number of methoxy groups -OCH3 is 2. The highest BCUT2D eigenvalue weighted by atomic mass is 16.5. The molecule has 4 aliphatic heterocycles. The van der Waals surface area contributed by atoms with Crippen LogP contribution in [0.15, 0.2) is 60.7 Å². The molecule has 4 aliphatic rings. The van der Waals surface area contributed by atoms with E-state index in [0.717, 1.165) is 56.1 Å². The number of rotatable bonds is 10. The molecule has 0 bridgehead atoms. The molecule has 2 aromatic carbocycles. The van der Waals surface area contributed by atoms with Crippen molar-refractivity contribution in [3.05, 3.63) is 106 Å². The lowest BCUT2D eigenvalue weighted by molar-refractivity contribution is -0.148. The summed E-state index contributed by atoms with van der Waals surface area (Å²) in [5.74, 6) is -1.69. The van der Waals surface area contributed by atoms with Crippen LogP contribution in [0.4, 0.5) is 16.2 Å². The third kappa shape index (κ3) is 8.42. The quantitative estimate of drug-likeness (QED) is 0.200. The molecule has 0 unspecified atom stereocenters. The number of ether oxygens (including phenoxy) is 2. The van der Waals surface area contributed by atoms with Crippen molar-refractivity contribution in [1.29, 1.82) is 0 Å². The van der Waals surface area contributed by atoms with E-state index >= 15 is 0 Å². The van der Waals surface area contributed by atoms with Gasteiger partial charge < -0.3 is 34.4 Å². The van der Waals surface area contributed by atoms with Crippen molar-refractivity contribution in [3.63, 3.8) is 0 Å². The Morgan fingerprint density at radius 3 is 1.56 bits per heavy atom. The van der Waals surface area contributed by atoms with Gasteiger partial charge in [-0.25, -0.2) is 14.8 Å². The number of alkyl carbamates (subject to hydrolysis) is 1. The fraction of sp³-hybridized carbons (Fsp3) is 0.429. The minimum absolute atomic E-state index is 0.0275. The van der Waals surface area contributed by atoms with Gasteiger partial charge in [-0.1, -0.05) is 64.1 Å². The first kappa shape index (κ1) is 44.0. The van der Waals surface area contributed by atoms with E-state index in [2.05, 4.69) is 17.4 Å². The molecule has 6 heterocycles. The molecule has 2 aromatic heterocycles. The van der Waals surface area contributed by atoms with Gasteiger partial charge in [-0.2, -0.15) is 0 Å². The highest BCUT2D eigenvalue weighted by Crippen LogP contribution is 2.42. The number of benzene rings is 2. The van der Waals surface area contributed by atoms with Gasteiger partial charge in [-0.15, -0.1) is 0 Å². The van der Waals surface area contributed by atoms with Crippen LogP contribution in [0.1, 0.15) is 88.7 Å². The van der Waals surface area contributed by atoms with E-state index < -0.39 is 24.0 Å². The van der Waals surface area contributed by atoms with Gasteiger partial charge in [0, 0.05) is 74.9 Å². The summed E-state index contributed by atoms with van der Waals surface area (Å²) >= 11 is 0. The normalized spacial score (nSPS) is 16.1. The molecular formula is C49H55N7O8. The molecule has 64 heavy (non-hydrogen) atoms. The molecular weight excluding hydrogens is 815 g/mol. The number of hydrogen-bond donors (Lipinski definition) is 1. The Labute approximate surface area is 373 Å². The maximum atomic E-state index is 14.2. The Kier molecular flexibility index (Phi) is 12.5. The van der Waals surface area contributed by atoms with Crippen LogP contribution >= 0.6 is 0 Å². The molecule has 8 rings (SSSR count). The third-order valence-electron chi connectivity index (χ3n) is 13.1. The minimum atomic E-state index is -0.723. The summed E-state index contributed by atoms with van der Waals surface area (Å²) in [4.78, 5) is 95.9. The summed E-state index contributed by atoms with van der Waals surface area (Å²) in [6.07, 6.45) is 1.69. The number of carbonyl (C=O) groups excluding carboxylic acids is 6. The molecule has 334 valence electrons. The molecule has 15 nitrogen and oxygen atoms in total. The lowest BCUT2D eigenvalue weighted by Gasteiger charge is -2.33. The SMILES string of the molecule is COC(=O)C[C@H](C(=O)N1CCc2nc(C(=O)N3CCc4c(-c5cccc6c5CCN6C(=O)c5ccc6c(n5)CCN(C(=O)[C@@H](NC(=O)OC)C(C)C)C6)cccc43)ccc2C1)C(C)C. The maximum absolute atomic E-state index is 14.2. The van der Waals surface area contributed by atoms with Gasteiger partial charge in [0.1, 0.15) is 17.4 Å². The third-order valence-corrected chi connectivity index (χ3v) is 13.1. The second-order valence-corrected chi connectivity index (χ2v) is 17.6. The van der Waals surface area contributed by atoms with E-state index in [1.54, 1.807) is 31.7 Å². The number of nitrogens with one attached hydrogen (secondary N) is 1. The summed E-state index contributed by atoms with van der Waals surface area (Å²) in [6, 6.07) is 18.6. The Hall–Kier alpha value is -6.64. The van der Waals surface area contributed by atoms with Gasteiger partial charge >= 0.3 is 12.1 Å². The molecule has 0 saturated heterocycles. The Morgan fingerprint density at radius 2 is 1.11 bits per heavy atom. The van der Waals surface area contributed by atoms with E-state index in [1.165, 1.54) is 14.2 Å². The molecule has 0 radical (unpaired) electrons. The van der Waals surface area contributed by atoms with Crippen molar-refractivity contribution in [2.45, 2.75) is 78.9 Å². The first-order valence-electron chi connectivity index (χ1n) is 22.1. The number of nitrogens with zero attached hydrogens (tertiary/aromatic N) is 6. The molecule has 1 N–H and O–H groups in total. The van der Waals surface area contributed by atoms with Gasteiger partial charge in [-0.05, 0) is 82.3 Å². The van der Waals surface area contributed by atoms with Gasteiger partial charge in [0.05, 0.1) is 26.6 Å². The summed E-state index contributed by atoms with van der Waals surface area (Å²) in [5.41, 5.74) is 9.89. The predicted octanol–water partition coefficient (Wildman–Crippen LogP) is 5.53. The van der Waals surface area contributed by atoms with E-state index in [-0.39, 0.29) is 41.9 Å². The van der Waals surface area contributed by atoms with Gasteiger partial charge in [0.2, 0.25) is 11.8 Å². The number of pyridine rings is 2. The van der Waals surface area contributed by atoms with Crippen molar-refractivity contribution < 1.29 is 38.2 Å². The Morgan fingerprint density at radius 1 is 0.609 bits per heavy atom. The molecule has 0 fully saturated rings. The van der Waals surface area contributed by atoms with Crippen molar-refractivity contribution in [2.75, 3.05) is 50.2 Å². The number of anilines is 2. The van der Waals surface area contributed by atoms with Gasteiger partial charge in [-0.3, -0.25) is 24.0 Å². The lowest BCUT2D eigenvalue weighted by Crippen LogP contribution is -2.52. The van der Waals surface area contributed by atoms with E-state index in [0.29, 0.717) is 76.3 Å². The van der Waals surface area contributed by atoms with Gasteiger partial charge in [0.15, 0.2) is 0 Å². The molecule has 0 spiro atoms. The molecule has 0 saturated carbocycles. The summed E-state index contributed by atoms with van der Waals surface area (Å²) in [7, 11) is 2.60. The van der Waals surface area contributed by atoms with E-state index in [9.17, 15) is 28.8 Å². The number of hydrogen-bond acceptors (Lipinski definition) is 10. The Balaban J connectivity index is 0.961. The highest BCUT2D eigenvalue weighted by Gasteiger charge is 2.36. The van der Waals surface area contributed by atoms with Crippen molar-refractivity contribution >= 4 is 47.1 Å². The summed E-state index contributed by atoms with van der Waals surface area (Å²) in [6.45, 7) is 10.2. The highest BCUT2D eigenvalue weighted by molar-refractivity contribution is 6.08. The number of amides is 5. The molecule has 2 atom stereocenters. The lowest BCUT2D eigenvalue weighted by atomic mass is 9.90. The maximum Gasteiger partial charge on any atom is 0.407 e. The minimum Gasteiger partial charge on any atom is -0.469 e. The van der Waals surface area contributed by atoms with Crippen molar-refractivity contribution in [3.8, 4) is 11.1 Å². The first-order valence-corrected chi connectivity index (χ1v) is 22.1. The zero-order valence-corrected chi connectivity index (χ0v) is 37.3. The molecule has 15 heteroatoms. The first-order chi connectivity index (χ1) is 30.8. The molecule has 4 aromatic rings. The monoisotopic (exact) mass is 869 g/mol. The van der Waals surface area contributed by atoms with E-state index in [1.807, 2.05) is 64.1 Å². The van der Waals surface area contributed by atoms with E-state index in [4.69, 9.17) is 19.4 Å². The predicted molar refractivity (Wildman–Crippen MR) is 238 cm³/mol. The largest absolute Gasteiger partial charge is 0.469 e. The summed E-state index contributed by atoms with van der Waals surface area (Å²) < 4.78 is 9.58. The van der Waals surface area contributed by atoms with Crippen LogP contribution in [-0.4, -0.2) is 102 Å². The van der Waals surface area contributed by atoms with Crippen LogP contribution in [-0.2, 0) is 62.6 Å². The second-order valence-electron chi connectivity index (χ2n) is 17.6. The van der Waals surface area contributed by atoms with Crippen LogP contribution < -0.4 is 15.1 Å². The summed E-state index contributed by atoms with van der Waals surface area (Å²) in [5, 5.41) is 2.66. The number of carbonyl (C=O) groups is 6. The zero-order chi connectivity index (χ0) is 45.4. The van der Waals surface area contributed by atoms with Crippen LogP contribution in [0.2, 0.25) is 0 Å². The topological polar surface area (TPSA) is 172 Å². The number of aromatic nitrogens is 2. The smallest absolute Gasteiger partial charge is 0.407 e. The van der Waals surface area contributed by atoms with Crippen LogP contribution in [0.25, 0.3) is 11.1 Å². The Bertz CT molecular complexity index is 2370. The molecule has 0 aliphatic carbocycles. The fourth-order valence-electron chi connectivity index (χ4n) is 9.52. The molecule has 5 amide bonds. The van der Waals surface area contributed by atoms with Crippen molar-refractivity contribution in [1.82, 2.24) is 25.1 Å². The zero-order valence-electron chi connectivity index (χ0n) is 37.3. The average molecular weight is 870 g/mol. The van der Waals surface area contributed by atoms with Gasteiger partial charge in [0.25, 0.3) is 11.8 Å². The van der Waals surface area contributed by atoms with Crippen LogP contribution in [0.3, 0.4) is 0 Å². The average Bonchev–Trinajstić information content (AvgIpc) is 3.96. The van der Waals surface area contributed by atoms with Crippen LogP contribution in [0.5, 0.6) is 0 Å². The second kappa shape index (κ2) is 18.2. The number of fused-ring (bicyclic) bond motifs is 4. The standard InChI is InChI=1S/C49H55N7O8/c1-28(2)36(25-43(57)63-5)45(58)53-21-19-37-30(26-53)13-15-39(50-37)46(59)55-23-17-34-32(9-7-11-41(34)55)33-10-8-12-42-35(33)18-24-56(42)47(60)40-16-14-31-27-54(22-20-38(31)51-40)48(61)44(29(3)4)52-49(62)64-6/h7-16,28-29,36,44H,17-27H2,1-6H3,(H,52,62)/t36-,44-/m0/s1. The van der Waals surface area contributed by atoms with Crippen molar-refractivity contribution in [2.24, 2.45) is 17.8 Å². The fourth-order valence-corrected chi connectivity index (χ4v) is 9.52. The van der Waals surface area contributed by atoms with Crippen LogP contribution in [0, 0.1) is 17.8 Å². The number of esters is 1.